The largest absolute Gasteiger partial charge is 0.508 e. The maximum atomic E-state index is 13.8. The van der Waals surface area contributed by atoms with Crippen molar-refractivity contribution >= 4 is 11.9 Å². The Bertz CT molecular complexity index is 1310. The highest BCUT2D eigenvalue weighted by atomic mass is 19.1. The summed E-state index contributed by atoms with van der Waals surface area (Å²) in [7, 11) is 1.31. The van der Waals surface area contributed by atoms with Gasteiger partial charge in [0.1, 0.15) is 17.6 Å². The second-order valence-electron chi connectivity index (χ2n) is 11.1. The second kappa shape index (κ2) is 12.7. The standard InChI is InChI=1S/C32H38FN3O4/c1-40-32(39)28(20-22-13-17-26(37)18-14-22)34-31(38)29-27-10-6-5-7-23(19-21-11-15-24(33)16-12-21)30(27)36(35-29)25-8-3-2-4-9-25/h11-18,23,25,28,37H,2-10,19-20H2,1H3,(H,34,38)/t23?,28-/m1/s1. The van der Waals surface area contributed by atoms with E-state index in [0.717, 1.165) is 80.2 Å². The molecule has 1 saturated carbocycles. The minimum absolute atomic E-state index is 0.133. The summed E-state index contributed by atoms with van der Waals surface area (Å²) < 4.78 is 20.8. The van der Waals surface area contributed by atoms with Crippen molar-refractivity contribution < 1.29 is 23.8 Å². The fourth-order valence-electron chi connectivity index (χ4n) is 6.31. The fourth-order valence-corrected chi connectivity index (χ4v) is 6.31. The van der Waals surface area contributed by atoms with E-state index in [2.05, 4.69) is 10.00 Å². The van der Waals surface area contributed by atoms with Crippen LogP contribution in [-0.2, 0) is 28.8 Å². The lowest BCUT2D eigenvalue weighted by atomic mass is 9.89. The third-order valence-electron chi connectivity index (χ3n) is 8.36. The molecule has 2 aromatic carbocycles. The Morgan fingerprint density at radius 3 is 2.38 bits per heavy atom. The van der Waals surface area contributed by atoms with Gasteiger partial charge in [0.2, 0.25) is 0 Å². The molecule has 7 nitrogen and oxygen atoms in total. The van der Waals surface area contributed by atoms with Crippen LogP contribution < -0.4 is 5.32 Å². The fraction of sp³-hybridized carbons (Fsp3) is 0.469. The quantitative estimate of drug-likeness (QED) is 0.275. The first-order valence-electron chi connectivity index (χ1n) is 14.4. The highest BCUT2D eigenvalue weighted by Gasteiger charge is 2.34. The molecule has 0 radical (unpaired) electrons. The van der Waals surface area contributed by atoms with Gasteiger partial charge in [-0.3, -0.25) is 9.48 Å². The Morgan fingerprint density at radius 1 is 1.00 bits per heavy atom. The van der Waals surface area contributed by atoms with Gasteiger partial charge in [-0.2, -0.15) is 5.10 Å². The molecule has 40 heavy (non-hydrogen) atoms. The van der Waals surface area contributed by atoms with E-state index >= 15 is 0 Å². The number of halogens is 1. The normalized spacial score (nSPS) is 18.4. The van der Waals surface area contributed by atoms with Crippen molar-refractivity contribution in [1.82, 2.24) is 15.1 Å². The van der Waals surface area contributed by atoms with Crippen molar-refractivity contribution in [3.05, 3.63) is 82.4 Å². The number of carbonyl (C=O) groups is 2. The number of esters is 1. The van der Waals surface area contributed by atoms with E-state index in [0.29, 0.717) is 5.69 Å². The number of phenols is 1. The molecule has 2 aliphatic rings. The number of phenolic OH excluding ortho intramolecular Hbond substituents is 1. The van der Waals surface area contributed by atoms with Crippen molar-refractivity contribution in [2.75, 3.05) is 7.11 Å². The van der Waals surface area contributed by atoms with Crippen LogP contribution in [0, 0.1) is 5.82 Å². The molecular formula is C32H38FN3O4. The van der Waals surface area contributed by atoms with Gasteiger partial charge < -0.3 is 15.2 Å². The number of nitrogens with zero attached hydrogens (tertiary/aromatic N) is 2. The molecule has 0 aliphatic heterocycles. The molecule has 2 atom stereocenters. The van der Waals surface area contributed by atoms with Crippen LogP contribution in [0.3, 0.4) is 0 Å². The number of hydrogen-bond acceptors (Lipinski definition) is 5. The van der Waals surface area contributed by atoms with Crippen LogP contribution in [0.25, 0.3) is 0 Å². The highest BCUT2D eigenvalue weighted by molar-refractivity contribution is 5.96. The Labute approximate surface area is 234 Å². The van der Waals surface area contributed by atoms with E-state index in [9.17, 15) is 19.1 Å². The number of ether oxygens (including phenoxy) is 1. The molecule has 1 fully saturated rings. The predicted molar refractivity (Wildman–Crippen MR) is 150 cm³/mol. The molecule has 3 aromatic rings. The first kappa shape index (κ1) is 27.9. The van der Waals surface area contributed by atoms with Crippen molar-refractivity contribution in [3.8, 4) is 5.75 Å². The maximum absolute atomic E-state index is 13.8. The molecule has 1 heterocycles. The Hall–Kier alpha value is -3.68. The molecule has 1 amide bonds. The van der Waals surface area contributed by atoms with Gasteiger partial charge in [0.05, 0.1) is 13.2 Å². The summed E-state index contributed by atoms with van der Waals surface area (Å²) in [5.74, 6) is -0.847. The van der Waals surface area contributed by atoms with E-state index < -0.39 is 12.0 Å². The maximum Gasteiger partial charge on any atom is 0.328 e. The zero-order valence-corrected chi connectivity index (χ0v) is 23.1. The van der Waals surface area contributed by atoms with Crippen LogP contribution >= 0.6 is 0 Å². The molecule has 0 bridgehead atoms. The summed E-state index contributed by atoms with van der Waals surface area (Å²) in [5.41, 5.74) is 4.36. The van der Waals surface area contributed by atoms with Gasteiger partial charge >= 0.3 is 5.97 Å². The topological polar surface area (TPSA) is 93.4 Å². The van der Waals surface area contributed by atoms with Gasteiger partial charge in [-0.1, -0.05) is 49.9 Å². The molecule has 0 saturated heterocycles. The SMILES string of the molecule is COC(=O)[C@@H](Cc1ccc(O)cc1)NC(=O)c1nn(C2CCCCC2)c2c1CCCCC2Cc1ccc(F)cc1. The lowest BCUT2D eigenvalue weighted by Crippen LogP contribution is -2.43. The van der Waals surface area contributed by atoms with Gasteiger partial charge in [-0.05, 0) is 73.9 Å². The summed E-state index contributed by atoms with van der Waals surface area (Å²) in [5, 5.41) is 17.5. The van der Waals surface area contributed by atoms with E-state index in [1.54, 1.807) is 24.3 Å². The molecule has 212 valence electrons. The van der Waals surface area contributed by atoms with Crippen LogP contribution in [0.4, 0.5) is 4.39 Å². The highest BCUT2D eigenvalue weighted by Crippen LogP contribution is 2.39. The number of nitrogens with one attached hydrogen (secondary N) is 1. The van der Waals surface area contributed by atoms with Gasteiger partial charge in [0.25, 0.3) is 5.91 Å². The number of methoxy groups -OCH3 is 1. The number of aromatic nitrogens is 2. The average Bonchev–Trinajstić information content (AvgIpc) is 3.24. The van der Waals surface area contributed by atoms with E-state index in [1.165, 1.54) is 25.7 Å². The molecular weight excluding hydrogens is 509 g/mol. The van der Waals surface area contributed by atoms with Gasteiger partial charge in [0.15, 0.2) is 5.69 Å². The molecule has 2 N–H and O–H groups in total. The third-order valence-corrected chi connectivity index (χ3v) is 8.36. The van der Waals surface area contributed by atoms with Crippen molar-refractivity contribution in [2.24, 2.45) is 0 Å². The number of hydrogen-bond donors (Lipinski definition) is 2. The number of benzene rings is 2. The molecule has 1 aromatic heterocycles. The second-order valence-corrected chi connectivity index (χ2v) is 11.1. The van der Waals surface area contributed by atoms with Crippen LogP contribution in [0.2, 0.25) is 0 Å². The van der Waals surface area contributed by atoms with Gasteiger partial charge in [0, 0.05) is 23.6 Å². The Morgan fingerprint density at radius 2 is 1.68 bits per heavy atom. The number of carbonyl (C=O) groups excluding carboxylic acids is 2. The summed E-state index contributed by atoms with van der Waals surface area (Å²) >= 11 is 0. The minimum Gasteiger partial charge on any atom is -0.508 e. The van der Waals surface area contributed by atoms with Crippen molar-refractivity contribution in [3.63, 3.8) is 0 Å². The lowest BCUT2D eigenvalue weighted by molar-refractivity contribution is -0.142. The van der Waals surface area contributed by atoms with Crippen LogP contribution in [0.1, 0.15) is 96.2 Å². The summed E-state index contributed by atoms with van der Waals surface area (Å²) in [6.07, 6.45) is 10.3. The Balaban J connectivity index is 1.48. The van der Waals surface area contributed by atoms with Crippen LogP contribution in [-0.4, -0.2) is 39.9 Å². The molecule has 5 rings (SSSR count). The molecule has 0 spiro atoms. The zero-order valence-electron chi connectivity index (χ0n) is 23.1. The van der Waals surface area contributed by atoms with E-state index in [4.69, 9.17) is 9.84 Å². The first-order chi connectivity index (χ1) is 19.4. The van der Waals surface area contributed by atoms with E-state index in [1.807, 2.05) is 12.1 Å². The van der Waals surface area contributed by atoms with Crippen LogP contribution in [0.15, 0.2) is 48.5 Å². The van der Waals surface area contributed by atoms with Gasteiger partial charge in [-0.25, -0.2) is 9.18 Å². The third kappa shape index (κ3) is 6.37. The minimum atomic E-state index is -0.890. The zero-order chi connectivity index (χ0) is 28.1. The Kier molecular flexibility index (Phi) is 8.82. The van der Waals surface area contributed by atoms with E-state index in [-0.39, 0.29) is 35.9 Å². The summed E-state index contributed by atoms with van der Waals surface area (Å²) in [6.45, 7) is 0. The number of aromatic hydroxyl groups is 1. The molecule has 8 heteroatoms. The predicted octanol–water partition coefficient (Wildman–Crippen LogP) is 5.80. The van der Waals surface area contributed by atoms with Crippen molar-refractivity contribution in [2.45, 2.75) is 88.6 Å². The van der Waals surface area contributed by atoms with Gasteiger partial charge in [-0.15, -0.1) is 0 Å². The average molecular weight is 548 g/mol. The molecule has 2 aliphatic carbocycles. The number of amides is 1. The lowest BCUT2D eigenvalue weighted by Gasteiger charge is -2.27. The number of fused-ring (bicyclic) bond motifs is 1. The monoisotopic (exact) mass is 547 g/mol. The number of rotatable bonds is 8. The first-order valence-corrected chi connectivity index (χ1v) is 14.4. The summed E-state index contributed by atoms with van der Waals surface area (Å²) in [4.78, 5) is 26.5. The van der Waals surface area contributed by atoms with Crippen molar-refractivity contribution in [1.29, 1.82) is 0 Å². The van der Waals surface area contributed by atoms with Crippen LogP contribution in [0.5, 0.6) is 5.75 Å². The smallest absolute Gasteiger partial charge is 0.328 e. The molecule has 1 unspecified atom stereocenters. The summed E-state index contributed by atoms with van der Waals surface area (Å²) in [6, 6.07) is 12.6.